The van der Waals surface area contributed by atoms with Crippen molar-refractivity contribution >= 4 is 27.3 Å². The van der Waals surface area contributed by atoms with E-state index in [0.29, 0.717) is 22.7 Å². The fraction of sp³-hybridized carbons (Fsp3) is 0.519. The highest BCUT2D eigenvalue weighted by Crippen LogP contribution is 2.32. The Kier molecular flexibility index (Phi) is 10.4. The summed E-state index contributed by atoms with van der Waals surface area (Å²) in [5, 5.41) is 16.9. The molecule has 190 valence electrons. The third kappa shape index (κ3) is 7.95. The third-order valence-electron chi connectivity index (χ3n) is 6.52. The average molecular weight is 502 g/mol. The predicted molar refractivity (Wildman–Crippen MR) is 144 cm³/mol. The zero-order valence-electron chi connectivity index (χ0n) is 20.9. The van der Waals surface area contributed by atoms with Gasteiger partial charge < -0.3 is 10.6 Å². The molecule has 1 aromatic carbocycles. The summed E-state index contributed by atoms with van der Waals surface area (Å²) in [6.45, 7) is 8.41. The van der Waals surface area contributed by atoms with Gasteiger partial charge in [-0.05, 0) is 55.7 Å². The zero-order chi connectivity index (χ0) is 25.2. The van der Waals surface area contributed by atoms with Gasteiger partial charge in [0, 0.05) is 42.8 Å². The van der Waals surface area contributed by atoms with Crippen molar-refractivity contribution in [3.63, 3.8) is 0 Å². The molecule has 0 bridgehead atoms. The van der Waals surface area contributed by atoms with Crippen molar-refractivity contribution in [3.05, 3.63) is 59.8 Å². The molecule has 1 saturated carbocycles. The Morgan fingerprint density at radius 2 is 1.94 bits per heavy atom. The molecule has 0 unspecified atom stereocenters. The molecule has 0 saturated heterocycles. The van der Waals surface area contributed by atoms with E-state index >= 15 is 0 Å². The van der Waals surface area contributed by atoms with Crippen LogP contribution in [0.3, 0.4) is 0 Å². The lowest BCUT2D eigenvalue weighted by atomic mass is 9.83. The molecule has 0 aliphatic heterocycles. The summed E-state index contributed by atoms with van der Waals surface area (Å²) < 4.78 is 25.6. The van der Waals surface area contributed by atoms with Crippen LogP contribution in [0.2, 0.25) is 0 Å². The number of nitrogens with one attached hydrogen (secondary N) is 2. The number of hydrogen-bond acceptors (Lipinski definition) is 6. The van der Waals surface area contributed by atoms with E-state index in [4.69, 9.17) is 0 Å². The van der Waals surface area contributed by atoms with Crippen LogP contribution in [0.4, 0.5) is 19.0 Å². The number of benzene rings is 1. The van der Waals surface area contributed by atoms with Gasteiger partial charge in [0.1, 0.15) is 0 Å². The molecule has 1 aliphatic rings. The van der Waals surface area contributed by atoms with Crippen molar-refractivity contribution < 1.29 is 8.78 Å². The number of aliphatic imine (C=N–C) groups is 1. The van der Waals surface area contributed by atoms with E-state index in [9.17, 15) is 8.78 Å². The van der Waals surface area contributed by atoms with Crippen LogP contribution < -0.4 is 10.6 Å². The van der Waals surface area contributed by atoms with Crippen molar-refractivity contribution in [2.24, 2.45) is 10.9 Å². The highest BCUT2D eigenvalue weighted by Gasteiger charge is 2.24. The van der Waals surface area contributed by atoms with Crippen LogP contribution in [0.5, 0.6) is 0 Å². The molecule has 2 aromatic rings. The quantitative estimate of drug-likeness (QED) is 0.296. The number of aromatic nitrogens is 2. The number of allylic oxidation sites excluding steroid dienone is 3. The molecule has 5 nitrogen and oxygen atoms in total. The van der Waals surface area contributed by atoms with Crippen LogP contribution in [-0.2, 0) is 6.42 Å². The molecule has 35 heavy (non-hydrogen) atoms. The Morgan fingerprint density at radius 3 is 2.60 bits per heavy atom. The van der Waals surface area contributed by atoms with E-state index in [0.717, 1.165) is 54.9 Å². The van der Waals surface area contributed by atoms with E-state index in [2.05, 4.69) is 58.4 Å². The van der Waals surface area contributed by atoms with Crippen molar-refractivity contribution in [1.29, 1.82) is 0 Å². The van der Waals surface area contributed by atoms with E-state index in [-0.39, 0.29) is 12.3 Å². The highest BCUT2D eigenvalue weighted by molar-refractivity contribution is 7.19. The molecule has 3 rings (SSSR count). The molecule has 1 aliphatic carbocycles. The van der Waals surface area contributed by atoms with Gasteiger partial charge in [-0.25, -0.2) is 8.78 Å². The second kappa shape index (κ2) is 13.5. The lowest BCUT2D eigenvalue weighted by Crippen LogP contribution is -2.28. The smallest absolute Gasteiger partial charge is 0.242 e. The SMILES string of the molecule is C=C(Nc1nnc(N[C@H]2CC[C@@H](C(/C=C\CC)=N/C)CC2)s1)[C@@H](CC)c1cccc(CC(F)F)c1. The van der Waals surface area contributed by atoms with Crippen LogP contribution in [0.15, 0.2) is 53.7 Å². The molecule has 1 fully saturated rings. The minimum absolute atomic E-state index is 0.000562. The van der Waals surface area contributed by atoms with E-state index < -0.39 is 6.43 Å². The molecule has 1 heterocycles. The van der Waals surface area contributed by atoms with Gasteiger partial charge >= 0.3 is 0 Å². The summed E-state index contributed by atoms with van der Waals surface area (Å²) >= 11 is 1.47. The van der Waals surface area contributed by atoms with Gasteiger partial charge in [0.05, 0.1) is 0 Å². The maximum atomic E-state index is 12.8. The molecular formula is C27H37F2N5S. The molecule has 1 aromatic heterocycles. The van der Waals surface area contributed by atoms with Gasteiger partial charge in [0.15, 0.2) is 0 Å². The molecule has 2 N–H and O–H groups in total. The summed E-state index contributed by atoms with van der Waals surface area (Å²) in [7, 11) is 1.88. The number of anilines is 2. The Labute approximate surface area is 211 Å². The van der Waals surface area contributed by atoms with Crippen LogP contribution in [-0.4, -0.2) is 35.4 Å². The Morgan fingerprint density at radius 1 is 1.20 bits per heavy atom. The number of nitrogens with zero attached hydrogens (tertiary/aromatic N) is 3. The first-order valence-corrected chi connectivity index (χ1v) is 13.3. The molecule has 0 radical (unpaired) electrons. The van der Waals surface area contributed by atoms with Crippen molar-refractivity contribution in [2.75, 3.05) is 17.7 Å². The van der Waals surface area contributed by atoms with Crippen LogP contribution in [0, 0.1) is 5.92 Å². The Hall–Kier alpha value is -2.61. The highest BCUT2D eigenvalue weighted by atomic mass is 32.1. The molecule has 0 amide bonds. The summed E-state index contributed by atoms with van der Waals surface area (Å²) in [6.07, 6.45) is 7.97. The second-order valence-electron chi connectivity index (χ2n) is 9.02. The van der Waals surface area contributed by atoms with E-state index in [1.165, 1.54) is 17.0 Å². The third-order valence-corrected chi connectivity index (χ3v) is 7.29. The molecule has 0 spiro atoms. The Bertz CT molecular complexity index is 1010. The van der Waals surface area contributed by atoms with Gasteiger partial charge in [-0.1, -0.05) is 62.1 Å². The molecule has 8 heteroatoms. The Balaban J connectivity index is 1.54. The van der Waals surface area contributed by atoms with Crippen LogP contribution in [0.1, 0.15) is 69.4 Å². The van der Waals surface area contributed by atoms with Gasteiger partial charge in [-0.15, -0.1) is 10.2 Å². The second-order valence-corrected chi connectivity index (χ2v) is 9.99. The number of halogens is 2. The number of hydrogen-bond donors (Lipinski definition) is 2. The summed E-state index contributed by atoms with van der Waals surface area (Å²) in [4.78, 5) is 4.49. The predicted octanol–water partition coefficient (Wildman–Crippen LogP) is 7.47. The minimum atomic E-state index is -2.35. The average Bonchev–Trinajstić information content (AvgIpc) is 3.27. The van der Waals surface area contributed by atoms with E-state index in [1.807, 2.05) is 25.2 Å². The van der Waals surface area contributed by atoms with Crippen LogP contribution >= 0.6 is 11.3 Å². The monoisotopic (exact) mass is 501 g/mol. The lowest BCUT2D eigenvalue weighted by molar-refractivity contribution is 0.149. The fourth-order valence-corrected chi connectivity index (χ4v) is 5.45. The fourth-order valence-electron chi connectivity index (χ4n) is 4.69. The van der Waals surface area contributed by atoms with Crippen molar-refractivity contribution in [3.8, 4) is 0 Å². The molecule has 1 atom stereocenters. The van der Waals surface area contributed by atoms with E-state index in [1.54, 1.807) is 6.07 Å². The lowest BCUT2D eigenvalue weighted by Gasteiger charge is -2.29. The standard InChI is InChI=1S/C27H37F2N5S/c1-5-7-11-24(30-4)20-12-14-22(15-13-20)32-27-34-33-26(35-27)31-18(3)23(6-2)21-10-8-9-19(16-21)17-25(28)29/h7-11,16,20,22-23,25H,3,5-6,12-15,17H2,1-2,4H3,(H,31,33)(H,32,34)/b11-7-,30-24+/t20-,22+,23-/m1/s1. The van der Waals surface area contributed by atoms with Gasteiger partial charge in [-0.2, -0.15) is 0 Å². The maximum Gasteiger partial charge on any atom is 0.242 e. The number of alkyl halides is 2. The zero-order valence-corrected chi connectivity index (χ0v) is 21.8. The van der Waals surface area contributed by atoms with Gasteiger partial charge in [-0.3, -0.25) is 4.99 Å². The van der Waals surface area contributed by atoms with Gasteiger partial charge in [0.25, 0.3) is 0 Å². The summed E-state index contributed by atoms with van der Waals surface area (Å²) in [5.74, 6) is 0.528. The minimum Gasteiger partial charge on any atom is -0.357 e. The molecular weight excluding hydrogens is 464 g/mol. The normalized spacial score (nSPS) is 19.8. The largest absolute Gasteiger partial charge is 0.357 e. The van der Waals surface area contributed by atoms with Gasteiger partial charge in [0.2, 0.25) is 16.7 Å². The topological polar surface area (TPSA) is 62.2 Å². The summed E-state index contributed by atoms with van der Waals surface area (Å²) in [5.41, 5.74) is 3.61. The van der Waals surface area contributed by atoms with Crippen molar-refractivity contribution in [2.45, 2.75) is 77.2 Å². The van der Waals surface area contributed by atoms with Crippen molar-refractivity contribution in [1.82, 2.24) is 10.2 Å². The number of rotatable bonds is 12. The first kappa shape index (κ1) is 27.0. The first-order valence-electron chi connectivity index (χ1n) is 12.5. The van der Waals surface area contributed by atoms with Crippen LogP contribution in [0.25, 0.3) is 0 Å². The first-order chi connectivity index (χ1) is 16.9. The maximum absolute atomic E-state index is 12.8. The summed E-state index contributed by atoms with van der Waals surface area (Å²) in [6, 6.07) is 7.77.